The highest BCUT2D eigenvalue weighted by molar-refractivity contribution is 6.40. The number of anilines is 2. The predicted molar refractivity (Wildman–Crippen MR) is 127 cm³/mol. The van der Waals surface area contributed by atoms with E-state index in [0.29, 0.717) is 0 Å². The minimum atomic E-state index is -4.86. The van der Waals surface area contributed by atoms with E-state index in [2.05, 4.69) is 15.3 Å². The number of imidazole rings is 1. The lowest BCUT2D eigenvalue weighted by Crippen LogP contribution is -2.32. The number of carbonyl (C=O) groups excluding carboxylic acids is 2. The third-order valence-electron chi connectivity index (χ3n) is 5.13. The number of nitrogens with zero attached hydrogens (tertiary/aromatic N) is 4. The summed E-state index contributed by atoms with van der Waals surface area (Å²) in [5.41, 5.74) is -0.179. The van der Waals surface area contributed by atoms with Crippen LogP contribution in [0, 0.1) is 0 Å². The van der Waals surface area contributed by atoms with Crippen molar-refractivity contribution < 1.29 is 22.8 Å². The smallest absolute Gasteiger partial charge is 0.320 e. The Morgan fingerprint density at radius 2 is 1.71 bits per heavy atom. The van der Waals surface area contributed by atoms with Gasteiger partial charge < -0.3 is 9.88 Å². The molecule has 0 atom stereocenters. The fourth-order valence-electron chi connectivity index (χ4n) is 3.45. The molecule has 0 radical (unpaired) electrons. The van der Waals surface area contributed by atoms with Crippen LogP contribution < -0.4 is 10.2 Å². The highest BCUT2D eigenvalue weighted by Gasteiger charge is 2.38. The van der Waals surface area contributed by atoms with Gasteiger partial charge in [0, 0.05) is 13.2 Å². The predicted octanol–water partition coefficient (Wildman–Crippen LogP) is 5.67. The fourth-order valence-corrected chi connectivity index (χ4v) is 4.01. The molecule has 0 saturated carbocycles. The van der Waals surface area contributed by atoms with E-state index < -0.39 is 30.4 Å². The van der Waals surface area contributed by atoms with Crippen molar-refractivity contribution in [1.29, 1.82) is 0 Å². The maximum atomic E-state index is 13.9. The van der Waals surface area contributed by atoms with Crippen molar-refractivity contribution in [3.8, 4) is 0 Å². The van der Waals surface area contributed by atoms with Gasteiger partial charge in [0.25, 0.3) is 5.91 Å². The number of likely N-dealkylation sites (N-methyl/N-ethyl adjacent to an activating group) is 1. The Morgan fingerprint density at radius 3 is 2.34 bits per heavy atom. The number of amides is 2. The van der Waals surface area contributed by atoms with Crippen LogP contribution in [0.1, 0.15) is 16.2 Å². The van der Waals surface area contributed by atoms with Gasteiger partial charge in [0.15, 0.2) is 0 Å². The zero-order chi connectivity index (χ0) is 25.3. The summed E-state index contributed by atoms with van der Waals surface area (Å²) >= 11 is 12.1. The molecule has 0 spiro atoms. The van der Waals surface area contributed by atoms with Crippen molar-refractivity contribution in [2.45, 2.75) is 12.7 Å². The van der Waals surface area contributed by atoms with E-state index in [0.717, 1.165) is 9.47 Å². The second-order valence-electron chi connectivity index (χ2n) is 7.38. The molecule has 0 aliphatic heterocycles. The van der Waals surface area contributed by atoms with Crippen LogP contribution in [0.2, 0.25) is 10.0 Å². The zero-order valence-electron chi connectivity index (χ0n) is 18.0. The standard InChI is InChI=1S/C23H16Cl2F3N5O2/c1-32(17-10-2-3-11-29-17)18(34)12-33-16-9-5-8-15(20(16)31-22(33)23(26,27)28)30-21(35)19-13(24)6-4-7-14(19)25/h2-11H,12H2,1H3,(H,30,35). The quantitative estimate of drug-likeness (QED) is 0.366. The molecule has 0 fully saturated rings. The molecular weight excluding hydrogens is 506 g/mol. The molecule has 2 aromatic carbocycles. The molecule has 7 nitrogen and oxygen atoms in total. The van der Waals surface area contributed by atoms with Crippen molar-refractivity contribution in [2.75, 3.05) is 17.3 Å². The number of halogens is 5. The molecule has 4 rings (SSSR count). The van der Waals surface area contributed by atoms with Crippen LogP contribution >= 0.6 is 23.2 Å². The van der Waals surface area contributed by atoms with Gasteiger partial charge in [0.05, 0.1) is 26.8 Å². The third-order valence-corrected chi connectivity index (χ3v) is 5.76. The SMILES string of the molecule is CN(C(=O)Cn1c(C(F)(F)F)nc2c(NC(=O)c3c(Cl)cccc3Cl)cccc21)c1ccccn1. The lowest BCUT2D eigenvalue weighted by Gasteiger charge is -2.18. The van der Waals surface area contributed by atoms with Gasteiger partial charge in [-0.05, 0) is 36.4 Å². The summed E-state index contributed by atoms with van der Waals surface area (Å²) in [6.07, 6.45) is -3.40. The molecule has 0 bridgehead atoms. The molecule has 1 N–H and O–H groups in total. The van der Waals surface area contributed by atoms with Crippen molar-refractivity contribution in [3.05, 3.63) is 82.2 Å². The normalized spacial score (nSPS) is 11.5. The lowest BCUT2D eigenvalue weighted by atomic mass is 10.2. The van der Waals surface area contributed by atoms with Gasteiger partial charge in [-0.25, -0.2) is 9.97 Å². The molecule has 2 heterocycles. The van der Waals surface area contributed by atoms with E-state index in [1.54, 1.807) is 24.3 Å². The third kappa shape index (κ3) is 4.94. The van der Waals surface area contributed by atoms with Crippen LogP contribution in [0.4, 0.5) is 24.7 Å². The monoisotopic (exact) mass is 521 g/mol. The molecule has 2 aromatic heterocycles. The van der Waals surface area contributed by atoms with E-state index in [4.69, 9.17) is 23.2 Å². The first kappa shape index (κ1) is 24.5. The van der Waals surface area contributed by atoms with Gasteiger partial charge in [-0.1, -0.05) is 41.4 Å². The summed E-state index contributed by atoms with van der Waals surface area (Å²) in [6, 6.07) is 13.6. The summed E-state index contributed by atoms with van der Waals surface area (Å²) in [5, 5.41) is 2.67. The molecule has 35 heavy (non-hydrogen) atoms. The minimum Gasteiger partial charge on any atom is -0.320 e. The highest BCUT2D eigenvalue weighted by atomic mass is 35.5. The molecule has 12 heteroatoms. The molecule has 2 amide bonds. The summed E-state index contributed by atoms with van der Waals surface area (Å²) < 4.78 is 42.4. The molecule has 0 aliphatic rings. The van der Waals surface area contributed by atoms with Gasteiger partial charge in [-0.15, -0.1) is 0 Å². The molecule has 180 valence electrons. The number of hydrogen-bond acceptors (Lipinski definition) is 4. The summed E-state index contributed by atoms with van der Waals surface area (Å²) in [6.45, 7) is -0.661. The maximum Gasteiger partial charge on any atom is 0.449 e. The Balaban J connectivity index is 1.74. The summed E-state index contributed by atoms with van der Waals surface area (Å²) in [7, 11) is 1.41. The van der Waals surface area contributed by atoms with Crippen molar-refractivity contribution in [3.63, 3.8) is 0 Å². The zero-order valence-corrected chi connectivity index (χ0v) is 19.5. The van der Waals surface area contributed by atoms with E-state index in [1.165, 1.54) is 43.6 Å². The Hall–Kier alpha value is -3.63. The van der Waals surface area contributed by atoms with Crippen LogP contribution in [-0.4, -0.2) is 33.4 Å². The molecule has 0 unspecified atom stereocenters. The van der Waals surface area contributed by atoms with Crippen LogP contribution in [0.5, 0.6) is 0 Å². The number of para-hydroxylation sites is 1. The number of rotatable bonds is 5. The van der Waals surface area contributed by atoms with Gasteiger partial charge in [0.2, 0.25) is 11.7 Å². The van der Waals surface area contributed by atoms with Gasteiger partial charge in [-0.2, -0.15) is 13.2 Å². The van der Waals surface area contributed by atoms with Crippen LogP contribution in [0.3, 0.4) is 0 Å². The Kier molecular flexibility index (Phi) is 6.68. The number of pyridine rings is 1. The van der Waals surface area contributed by atoms with Crippen LogP contribution in [0.15, 0.2) is 60.8 Å². The number of benzene rings is 2. The van der Waals surface area contributed by atoms with E-state index >= 15 is 0 Å². The molecule has 0 saturated heterocycles. The first-order chi connectivity index (χ1) is 16.6. The van der Waals surface area contributed by atoms with Gasteiger partial charge in [-0.3, -0.25) is 14.5 Å². The maximum absolute atomic E-state index is 13.9. The summed E-state index contributed by atoms with van der Waals surface area (Å²) in [4.78, 5) is 34.6. The second-order valence-corrected chi connectivity index (χ2v) is 8.20. The first-order valence-corrected chi connectivity index (χ1v) is 10.8. The van der Waals surface area contributed by atoms with Crippen LogP contribution in [0.25, 0.3) is 11.0 Å². The van der Waals surface area contributed by atoms with E-state index in [9.17, 15) is 22.8 Å². The van der Waals surface area contributed by atoms with Gasteiger partial charge in [0.1, 0.15) is 17.9 Å². The number of aromatic nitrogens is 3. The van der Waals surface area contributed by atoms with Crippen molar-refractivity contribution in [2.24, 2.45) is 0 Å². The largest absolute Gasteiger partial charge is 0.449 e. The molecule has 0 aliphatic carbocycles. The Labute approximate surface area is 207 Å². The molecular formula is C23H16Cl2F3N5O2. The minimum absolute atomic E-state index is 0.00161. The second kappa shape index (κ2) is 9.55. The number of alkyl halides is 3. The first-order valence-electron chi connectivity index (χ1n) is 10.1. The van der Waals surface area contributed by atoms with Crippen molar-refractivity contribution >= 4 is 57.6 Å². The Bertz CT molecular complexity index is 1400. The highest BCUT2D eigenvalue weighted by Crippen LogP contribution is 2.34. The number of fused-ring (bicyclic) bond motifs is 1. The summed E-state index contributed by atoms with van der Waals surface area (Å²) in [5.74, 6) is -2.37. The number of nitrogens with one attached hydrogen (secondary N) is 1. The topological polar surface area (TPSA) is 80.1 Å². The van der Waals surface area contributed by atoms with Crippen molar-refractivity contribution in [1.82, 2.24) is 14.5 Å². The molecule has 4 aromatic rings. The average molecular weight is 522 g/mol. The van der Waals surface area contributed by atoms with Gasteiger partial charge >= 0.3 is 6.18 Å². The number of hydrogen-bond donors (Lipinski definition) is 1. The Morgan fingerprint density at radius 1 is 1.03 bits per heavy atom. The van der Waals surface area contributed by atoms with Crippen LogP contribution in [-0.2, 0) is 17.5 Å². The number of carbonyl (C=O) groups is 2. The van der Waals surface area contributed by atoms with E-state index in [1.807, 2.05) is 0 Å². The average Bonchev–Trinajstić information content (AvgIpc) is 3.19. The van der Waals surface area contributed by atoms with E-state index in [-0.39, 0.29) is 38.1 Å². The lowest BCUT2D eigenvalue weighted by molar-refractivity contribution is -0.147. The fraction of sp³-hybridized carbons (Fsp3) is 0.130.